The molecule has 5 rings (SSSR count). The number of carbonyl (C=O) groups excluding carboxylic acids is 3. The fourth-order valence-electron chi connectivity index (χ4n) is 5.85. The SMILES string of the molecule is CCCCN(CCCC)C(=O)c1cc(C)n(-c2ccc(NC(=O)c3ccc(OC(F)(F)F)cc3)cc2C(=O)N2Cc3ccccc3CC2O)n1. The summed E-state index contributed by atoms with van der Waals surface area (Å²) in [5.41, 5.74) is 3.35. The second-order valence-electron chi connectivity index (χ2n) is 12.2. The number of unbranched alkanes of at least 4 members (excludes halogenated alkanes) is 2. The van der Waals surface area contributed by atoms with Gasteiger partial charge in [-0.1, -0.05) is 51.0 Å². The Balaban J connectivity index is 1.49. The van der Waals surface area contributed by atoms with Crippen molar-refractivity contribution in [2.75, 3.05) is 18.4 Å². The Morgan fingerprint density at radius 3 is 2.26 bits per heavy atom. The predicted octanol–water partition coefficient (Wildman–Crippen LogP) is 6.89. The van der Waals surface area contributed by atoms with Gasteiger partial charge in [-0.2, -0.15) is 5.10 Å². The number of carbonyl (C=O) groups is 3. The number of nitrogens with one attached hydrogen (secondary N) is 1. The molecule has 0 saturated heterocycles. The van der Waals surface area contributed by atoms with E-state index in [1.807, 2.05) is 24.3 Å². The average molecular weight is 692 g/mol. The number of hydrogen-bond donors (Lipinski definition) is 2. The molecule has 2 N–H and O–H groups in total. The highest BCUT2D eigenvalue weighted by Crippen LogP contribution is 2.29. The van der Waals surface area contributed by atoms with Crippen LogP contribution in [0.1, 0.15) is 87.6 Å². The number of ether oxygens (including phenoxy) is 1. The van der Waals surface area contributed by atoms with Crippen molar-refractivity contribution in [3.63, 3.8) is 0 Å². The van der Waals surface area contributed by atoms with Crippen LogP contribution in [-0.2, 0) is 13.0 Å². The van der Waals surface area contributed by atoms with E-state index in [-0.39, 0.29) is 41.4 Å². The van der Waals surface area contributed by atoms with Crippen molar-refractivity contribution in [2.24, 2.45) is 0 Å². The number of anilines is 1. The molecule has 0 saturated carbocycles. The fraction of sp³-hybridized carbons (Fsp3) is 0.351. The van der Waals surface area contributed by atoms with Crippen LogP contribution < -0.4 is 10.1 Å². The summed E-state index contributed by atoms with van der Waals surface area (Å²) in [6.07, 6.45) is -2.19. The first kappa shape index (κ1) is 36.1. The fourth-order valence-corrected chi connectivity index (χ4v) is 5.85. The largest absolute Gasteiger partial charge is 0.573 e. The van der Waals surface area contributed by atoms with Crippen LogP contribution in [0.2, 0.25) is 0 Å². The summed E-state index contributed by atoms with van der Waals surface area (Å²) in [6.45, 7) is 7.25. The maximum Gasteiger partial charge on any atom is 0.573 e. The Morgan fingerprint density at radius 2 is 1.62 bits per heavy atom. The highest BCUT2D eigenvalue weighted by atomic mass is 19.4. The van der Waals surface area contributed by atoms with E-state index >= 15 is 0 Å². The van der Waals surface area contributed by atoms with Gasteiger partial charge in [0.15, 0.2) is 5.69 Å². The lowest BCUT2D eigenvalue weighted by Gasteiger charge is -2.34. The summed E-state index contributed by atoms with van der Waals surface area (Å²) in [6, 6.07) is 18.2. The summed E-state index contributed by atoms with van der Waals surface area (Å²) in [5, 5.41) is 18.4. The third-order valence-corrected chi connectivity index (χ3v) is 8.50. The molecular formula is C37H40F3N5O5. The normalized spacial score (nSPS) is 14.2. The van der Waals surface area contributed by atoms with Crippen LogP contribution >= 0.6 is 0 Å². The molecule has 0 bridgehead atoms. The first-order valence-corrected chi connectivity index (χ1v) is 16.6. The zero-order chi connectivity index (χ0) is 36.0. The monoisotopic (exact) mass is 691 g/mol. The number of benzene rings is 3. The third kappa shape index (κ3) is 8.51. The number of nitrogens with zero attached hydrogens (tertiary/aromatic N) is 4. The van der Waals surface area contributed by atoms with Crippen molar-refractivity contribution in [1.29, 1.82) is 0 Å². The summed E-state index contributed by atoms with van der Waals surface area (Å²) in [4.78, 5) is 44.2. The van der Waals surface area contributed by atoms with Crippen LogP contribution in [-0.4, -0.2) is 68.1 Å². The summed E-state index contributed by atoms with van der Waals surface area (Å²) in [7, 11) is 0. The lowest BCUT2D eigenvalue weighted by Crippen LogP contribution is -2.44. The first-order chi connectivity index (χ1) is 23.9. The molecule has 0 fully saturated rings. The molecule has 3 aromatic carbocycles. The van der Waals surface area contributed by atoms with Crippen LogP contribution in [0, 0.1) is 6.92 Å². The van der Waals surface area contributed by atoms with Gasteiger partial charge in [0.25, 0.3) is 17.7 Å². The quantitative estimate of drug-likeness (QED) is 0.167. The Hall–Kier alpha value is -5.17. The van der Waals surface area contributed by atoms with E-state index in [0.29, 0.717) is 24.5 Å². The van der Waals surface area contributed by atoms with Gasteiger partial charge in [0.2, 0.25) is 0 Å². The van der Waals surface area contributed by atoms with Gasteiger partial charge >= 0.3 is 6.36 Å². The van der Waals surface area contributed by atoms with Crippen molar-refractivity contribution >= 4 is 23.4 Å². The molecular weight excluding hydrogens is 651 g/mol. The van der Waals surface area contributed by atoms with Gasteiger partial charge in [0.1, 0.15) is 12.0 Å². The van der Waals surface area contributed by atoms with Crippen molar-refractivity contribution in [2.45, 2.75) is 72.0 Å². The molecule has 3 amide bonds. The third-order valence-electron chi connectivity index (χ3n) is 8.50. The van der Waals surface area contributed by atoms with Crippen molar-refractivity contribution in [3.8, 4) is 11.4 Å². The van der Waals surface area contributed by atoms with Crippen molar-refractivity contribution in [1.82, 2.24) is 19.6 Å². The molecule has 264 valence electrons. The number of alkyl halides is 3. The van der Waals surface area contributed by atoms with Gasteiger partial charge in [-0.05, 0) is 79.4 Å². The van der Waals surface area contributed by atoms with Crippen LogP contribution in [0.3, 0.4) is 0 Å². The molecule has 0 aliphatic carbocycles. The number of aromatic nitrogens is 2. The number of hydrogen-bond acceptors (Lipinski definition) is 6. The van der Waals surface area contributed by atoms with E-state index in [2.05, 4.69) is 29.0 Å². The Bertz CT molecular complexity index is 1830. The topological polar surface area (TPSA) is 117 Å². The Kier molecular flexibility index (Phi) is 11.3. The molecule has 0 radical (unpaired) electrons. The molecule has 0 spiro atoms. The highest BCUT2D eigenvalue weighted by molar-refractivity contribution is 6.06. The predicted molar refractivity (Wildman–Crippen MR) is 181 cm³/mol. The van der Waals surface area contributed by atoms with Gasteiger partial charge in [0, 0.05) is 43.0 Å². The van der Waals surface area contributed by atoms with Crippen LogP contribution in [0.5, 0.6) is 5.75 Å². The second kappa shape index (κ2) is 15.6. The Labute approximate surface area is 288 Å². The molecule has 1 aliphatic heterocycles. The number of halogens is 3. The first-order valence-electron chi connectivity index (χ1n) is 16.6. The molecule has 10 nitrogen and oxygen atoms in total. The van der Waals surface area contributed by atoms with Gasteiger partial charge in [-0.3, -0.25) is 14.4 Å². The molecule has 4 aromatic rings. The van der Waals surface area contributed by atoms with E-state index < -0.39 is 30.2 Å². The maximum absolute atomic E-state index is 14.3. The van der Waals surface area contributed by atoms with Crippen LogP contribution in [0.4, 0.5) is 18.9 Å². The van der Waals surface area contributed by atoms with Crippen molar-refractivity contribution in [3.05, 3.63) is 106 Å². The minimum absolute atomic E-state index is 0.0568. The molecule has 1 aromatic heterocycles. The van der Waals surface area contributed by atoms with Crippen molar-refractivity contribution < 1.29 is 37.4 Å². The van der Waals surface area contributed by atoms with E-state index in [1.165, 1.54) is 27.8 Å². The molecule has 50 heavy (non-hydrogen) atoms. The van der Waals surface area contributed by atoms with E-state index in [9.17, 15) is 32.7 Å². The zero-order valence-electron chi connectivity index (χ0n) is 28.2. The average Bonchev–Trinajstić information content (AvgIpc) is 3.48. The minimum atomic E-state index is -4.87. The highest BCUT2D eigenvalue weighted by Gasteiger charge is 2.32. The number of aliphatic hydroxyl groups is 1. The second-order valence-corrected chi connectivity index (χ2v) is 12.2. The van der Waals surface area contributed by atoms with E-state index in [1.54, 1.807) is 30.0 Å². The number of aryl methyl sites for hydroxylation is 1. The van der Waals surface area contributed by atoms with E-state index in [4.69, 9.17) is 0 Å². The number of rotatable bonds is 12. The van der Waals surface area contributed by atoms with Gasteiger partial charge < -0.3 is 25.0 Å². The number of aliphatic hydroxyl groups excluding tert-OH is 1. The van der Waals surface area contributed by atoms with E-state index in [0.717, 1.165) is 48.9 Å². The molecule has 13 heteroatoms. The van der Waals surface area contributed by atoms with Gasteiger partial charge in [-0.15, -0.1) is 13.2 Å². The van der Waals surface area contributed by atoms with Gasteiger partial charge in [0.05, 0.1) is 11.3 Å². The lowest BCUT2D eigenvalue weighted by atomic mass is 9.97. The molecule has 2 heterocycles. The Morgan fingerprint density at radius 1 is 0.960 bits per heavy atom. The zero-order valence-corrected chi connectivity index (χ0v) is 28.2. The summed E-state index contributed by atoms with van der Waals surface area (Å²) >= 11 is 0. The number of amides is 3. The van der Waals surface area contributed by atoms with Gasteiger partial charge in [-0.25, -0.2) is 4.68 Å². The maximum atomic E-state index is 14.3. The molecule has 1 unspecified atom stereocenters. The molecule has 1 aliphatic rings. The summed E-state index contributed by atoms with van der Waals surface area (Å²) < 4.78 is 43.2. The lowest BCUT2D eigenvalue weighted by molar-refractivity contribution is -0.274. The minimum Gasteiger partial charge on any atom is -0.406 e. The smallest absolute Gasteiger partial charge is 0.406 e. The van der Waals surface area contributed by atoms with Crippen LogP contribution in [0.15, 0.2) is 72.8 Å². The summed E-state index contributed by atoms with van der Waals surface area (Å²) in [5.74, 6) is -1.84. The number of fused-ring (bicyclic) bond motifs is 1. The standard InChI is InChI=1S/C37H40F3N5O5/c1-4-6-18-43(19-7-5-2)36(49)31-20-24(3)45(42-31)32-17-14-28(41-34(47)25-12-15-29(16-13-25)50-37(38,39)40)22-30(32)35(48)44-23-27-11-9-8-10-26(27)21-33(44)46/h8-17,20,22,33,46H,4-7,18-19,21,23H2,1-3H3,(H,41,47). The molecule has 1 atom stereocenters. The van der Waals surface area contributed by atoms with Crippen LogP contribution in [0.25, 0.3) is 5.69 Å².